The molecule has 2 saturated heterocycles. The zero-order valence-corrected chi connectivity index (χ0v) is 13.7. The Hall–Kier alpha value is -2.47. The van der Waals surface area contributed by atoms with Crippen LogP contribution in [0.15, 0.2) is 48.8 Å². The summed E-state index contributed by atoms with van der Waals surface area (Å²) in [6, 6.07) is 9.50. The molecular formula is C19H19FN2O3. The van der Waals surface area contributed by atoms with E-state index in [9.17, 15) is 9.18 Å². The number of nitrogens with zero attached hydrogens (tertiary/aromatic N) is 2. The van der Waals surface area contributed by atoms with E-state index < -0.39 is 5.82 Å². The van der Waals surface area contributed by atoms with Crippen LogP contribution in [0.2, 0.25) is 0 Å². The second kappa shape index (κ2) is 6.44. The lowest BCUT2D eigenvalue weighted by atomic mass is 9.98. The van der Waals surface area contributed by atoms with Crippen LogP contribution in [0.25, 0.3) is 0 Å². The van der Waals surface area contributed by atoms with Gasteiger partial charge in [0.1, 0.15) is 17.7 Å². The maximum absolute atomic E-state index is 13.4. The third kappa shape index (κ3) is 3.35. The molecule has 2 atom stereocenters. The fourth-order valence-electron chi connectivity index (χ4n) is 3.59. The van der Waals surface area contributed by atoms with E-state index >= 15 is 0 Å². The average Bonchev–Trinajstić information content (AvgIpc) is 3.22. The lowest BCUT2D eigenvalue weighted by Gasteiger charge is -2.23. The molecule has 130 valence electrons. The number of carbonyl (C=O) groups is 1. The summed E-state index contributed by atoms with van der Waals surface area (Å²) in [6.45, 7) is 1.61. The highest BCUT2D eigenvalue weighted by molar-refractivity contribution is 5.94. The number of amides is 1. The summed E-state index contributed by atoms with van der Waals surface area (Å²) in [5.41, 5.74) is 0.00812. The van der Waals surface area contributed by atoms with Crippen LogP contribution in [0.1, 0.15) is 23.2 Å². The van der Waals surface area contributed by atoms with Gasteiger partial charge in [-0.3, -0.25) is 9.78 Å². The van der Waals surface area contributed by atoms with Crippen molar-refractivity contribution in [2.45, 2.75) is 24.5 Å². The van der Waals surface area contributed by atoms with Gasteiger partial charge in [0.15, 0.2) is 0 Å². The van der Waals surface area contributed by atoms with Crippen LogP contribution >= 0.6 is 0 Å². The predicted octanol–water partition coefficient (Wildman–Crippen LogP) is 2.67. The highest BCUT2D eigenvalue weighted by atomic mass is 19.1. The number of carbonyl (C=O) groups excluding carboxylic acids is 1. The molecule has 0 radical (unpaired) electrons. The third-order valence-corrected chi connectivity index (χ3v) is 4.79. The van der Waals surface area contributed by atoms with Crippen molar-refractivity contribution < 1.29 is 18.7 Å². The van der Waals surface area contributed by atoms with E-state index in [4.69, 9.17) is 9.47 Å². The van der Waals surface area contributed by atoms with Gasteiger partial charge in [-0.15, -0.1) is 0 Å². The number of hydrogen-bond acceptors (Lipinski definition) is 4. The first-order valence-electron chi connectivity index (χ1n) is 8.39. The van der Waals surface area contributed by atoms with Gasteiger partial charge in [0.25, 0.3) is 5.91 Å². The minimum Gasteiger partial charge on any atom is -0.486 e. The lowest BCUT2D eigenvalue weighted by molar-refractivity contribution is 0.00994. The molecule has 0 bridgehead atoms. The molecule has 0 aliphatic carbocycles. The van der Waals surface area contributed by atoms with E-state index in [0.717, 1.165) is 18.6 Å². The molecule has 2 aliphatic rings. The van der Waals surface area contributed by atoms with Crippen LogP contribution in [0.3, 0.4) is 0 Å². The summed E-state index contributed by atoms with van der Waals surface area (Å²) in [5.74, 6) is 0.164. The zero-order valence-electron chi connectivity index (χ0n) is 13.7. The monoisotopic (exact) mass is 342 g/mol. The minimum absolute atomic E-state index is 0.0478. The largest absolute Gasteiger partial charge is 0.486 e. The van der Waals surface area contributed by atoms with E-state index in [1.807, 2.05) is 12.1 Å². The van der Waals surface area contributed by atoms with E-state index in [-0.39, 0.29) is 17.6 Å². The Balaban J connectivity index is 1.39. The first-order chi connectivity index (χ1) is 12.1. The van der Waals surface area contributed by atoms with Crippen LogP contribution in [0.4, 0.5) is 4.39 Å². The molecule has 1 spiro atoms. The average molecular weight is 342 g/mol. The Kier molecular flexibility index (Phi) is 4.13. The van der Waals surface area contributed by atoms with Crippen molar-refractivity contribution in [3.8, 4) is 5.75 Å². The zero-order chi connectivity index (χ0) is 17.3. The molecule has 0 saturated carbocycles. The van der Waals surface area contributed by atoms with Gasteiger partial charge in [0, 0.05) is 24.7 Å². The van der Waals surface area contributed by atoms with Crippen LogP contribution in [0.5, 0.6) is 5.75 Å². The molecule has 1 aromatic heterocycles. The molecule has 6 heteroatoms. The van der Waals surface area contributed by atoms with Crippen molar-refractivity contribution in [3.63, 3.8) is 0 Å². The molecule has 2 aliphatic heterocycles. The standard InChI is InChI=1S/C19H19FN2O3/c20-15-4-1-3-14(9-15)18(23)22-8-6-19(13-22)10-17(12-24-19)25-16-5-2-7-21-11-16/h1-5,7,9,11,17H,6,8,10,12-13H2/t17-,19-/m1/s1. The summed E-state index contributed by atoms with van der Waals surface area (Å²) in [5, 5.41) is 0. The Labute approximate surface area is 145 Å². The summed E-state index contributed by atoms with van der Waals surface area (Å²) in [6.07, 6.45) is 4.83. The lowest BCUT2D eigenvalue weighted by Crippen LogP contribution is -2.36. The summed E-state index contributed by atoms with van der Waals surface area (Å²) in [4.78, 5) is 18.4. The number of hydrogen-bond donors (Lipinski definition) is 0. The number of halogens is 1. The maximum Gasteiger partial charge on any atom is 0.254 e. The second-order valence-corrected chi connectivity index (χ2v) is 6.61. The first kappa shape index (κ1) is 16.0. The van der Waals surface area contributed by atoms with Crippen molar-refractivity contribution in [2.24, 2.45) is 0 Å². The van der Waals surface area contributed by atoms with Crippen molar-refractivity contribution in [1.82, 2.24) is 9.88 Å². The highest BCUT2D eigenvalue weighted by Crippen LogP contribution is 2.37. The van der Waals surface area contributed by atoms with Gasteiger partial charge in [-0.1, -0.05) is 6.07 Å². The van der Waals surface area contributed by atoms with Crippen LogP contribution in [-0.4, -0.2) is 47.2 Å². The molecule has 1 amide bonds. The molecular weight excluding hydrogens is 323 g/mol. The summed E-state index contributed by atoms with van der Waals surface area (Å²) >= 11 is 0. The predicted molar refractivity (Wildman–Crippen MR) is 88.9 cm³/mol. The Bertz CT molecular complexity index is 770. The van der Waals surface area contributed by atoms with Gasteiger partial charge in [-0.2, -0.15) is 0 Å². The fraction of sp³-hybridized carbons (Fsp3) is 0.368. The topological polar surface area (TPSA) is 51.7 Å². The van der Waals surface area contributed by atoms with Crippen LogP contribution in [-0.2, 0) is 4.74 Å². The number of pyridine rings is 1. The number of aromatic nitrogens is 1. The van der Waals surface area contributed by atoms with E-state index in [0.29, 0.717) is 25.3 Å². The number of rotatable bonds is 3. The number of benzene rings is 1. The van der Waals surface area contributed by atoms with Crippen molar-refractivity contribution >= 4 is 5.91 Å². The molecule has 2 aromatic rings. The summed E-state index contributed by atoms with van der Waals surface area (Å²) in [7, 11) is 0. The normalized spacial score (nSPS) is 25.5. The Morgan fingerprint density at radius 2 is 2.28 bits per heavy atom. The second-order valence-electron chi connectivity index (χ2n) is 6.61. The number of likely N-dealkylation sites (tertiary alicyclic amines) is 1. The van der Waals surface area contributed by atoms with Crippen molar-refractivity contribution in [3.05, 3.63) is 60.2 Å². The molecule has 1 aromatic carbocycles. The maximum atomic E-state index is 13.4. The molecule has 4 rings (SSSR count). The highest BCUT2D eigenvalue weighted by Gasteiger charge is 2.47. The number of ether oxygens (including phenoxy) is 2. The van der Waals surface area contributed by atoms with Gasteiger partial charge in [-0.25, -0.2) is 4.39 Å². The quantitative estimate of drug-likeness (QED) is 0.861. The van der Waals surface area contributed by atoms with Gasteiger partial charge < -0.3 is 14.4 Å². The van der Waals surface area contributed by atoms with Crippen molar-refractivity contribution in [2.75, 3.05) is 19.7 Å². The molecule has 0 unspecified atom stereocenters. The van der Waals surface area contributed by atoms with E-state index in [1.165, 1.54) is 12.1 Å². The van der Waals surface area contributed by atoms with Gasteiger partial charge in [0.2, 0.25) is 0 Å². The minimum atomic E-state index is -0.401. The van der Waals surface area contributed by atoms with Gasteiger partial charge in [0.05, 0.1) is 24.9 Å². The van der Waals surface area contributed by atoms with Crippen molar-refractivity contribution in [1.29, 1.82) is 0 Å². The molecule has 2 fully saturated rings. The third-order valence-electron chi connectivity index (χ3n) is 4.79. The fourth-order valence-corrected chi connectivity index (χ4v) is 3.59. The van der Waals surface area contributed by atoms with E-state index in [2.05, 4.69) is 4.98 Å². The first-order valence-corrected chi connectivity index (χ1v) is 8.39. The Morgan fingerprint density at radius 1 is 1.36 bits per heavy atom. The van der Waals surface area contributed by atoms with Crippen LogP contribution < -0.4 is 4.74 Å². The molecule has 25 heavy (non-hydrogen) atoms. The molecule has 0 N–H and O–H groups in total. The Morgan fingerprint density at radius 3 is 3.08 bits per heavy atom. The van der Waals surface area contributed by atoms with Crippen LogP contribution in [0, 0.1) is 5.82 Å². The smallest absolute Gasteiger partial charge is 0.254 e. The molecule has 5 nitrogen and oxygen atoms in total. The van der Waals surface area contributed by atoms with Gasteiger partial charge >= 0.3 is 0 Å². The van der Waals surface area contributed by atoms with E-state index in [1.54, 1.807) is 29.4 Å². The summed E-state index contributed by atoms with van der Waals surface area (Å²) < 4.78 is 25.3. The van der Waals surface area contributed by atoms with Gasteiger partial charge in [-0.05, 0) is 36.8 Å². The molecule has 3 heterocycles. The SMILES string of the molecule is O=C(c1cccc(F)c1)N1CC[C@@]2(C[C@@H](Oc3cccnc3)CO2)C1.